The van der Waals surface area contributed by atoms with Crippen molar-refractivity contribution in [3.63, 3.8) is 0 Å². The number of hydrogen-bond donors (Lipinski definition) is 1. The minimum Gasteiger partial charge on any atom is -0.497 e. The number of methoxy groups -OCH3 is 1. The molecule has 4 rings (SSSR count). The third-order valence-electron chi connectivity index (χ3n) is 5.17. The Hall–Kier alpha value is -3.38. The van der Waals surface area contributed by atoms with Gasteiger partial charge in [-0.2, -0.15) is 0 Å². The van der Waals surface area contributed by atoms with Gasteiger partial charge in [-0.3, -0.25) is 0 Å². The summed E-state index contributed by atoms with van der Waals surface area (Å²) < 4.78 is 7.28. The first kappa shape index (κ1) is 19.9. The molecular weight excluding hydrogens is 396 g/mol. The van der Waals surface area contributed by atoms with Crippen LogP contribution in [0.15, 0.2) is 66.0 Å². The molecule has 1 N–H and O–H groups in total. The van der Waals surface area contributed by atoms with Crippen LogP contribution in [-0.4, -0.2) is 27.7 Å². The van der Waals surface area contributed by atoms with E-state index in [2.05, 4.69) is 16.7 Å². The van der Waals surface area contributed by atoms with Crippen LogP contribution in [0.2, 0.25) is 0 Å². The Kier molecular flexibility index (Phi) is 5.68. The van der Waals surface area contributed by atoms with Crippen LogP contribution >= 0.6 is 11.3 Å². The number of rotatable bonds is 7. The zero-order valence-corrected chi connectivity index (χ0v) is 17.6. The molecule has 30 heavy (non-hydrogen) atoms. The summed E-state index contributed by atoms with van der Waals surface area (Å²) in [5, 5.41) is 12.5. The maximum absolute atomic E-state index is 11.7. The van der Waals surface area contributed by atoms with Gasteiger partial charge in [0.25, 0.3) is 0 Å². The zero-order valence-electron chi connectivity index (χ0n) is 16.8. The van der Waals surface area contributed by atoms with Crippen LogP contribution < -0.4 is 4.74 Å². The van der Waals surface area contributed by atoms with E-state index < -0.39 is 5.97 Å². The van der Waals surface area contributed by atoms with Crippen LogP contribution in [0, 0.1) is 6.92 Å². The second-order valence-electron chi connectivity index (χ2n) is 6.99. The van der Waals surface area contributed by atoms with Crippen LogP contribution in [0.3, 0.4) is 0 Å². The first-order chi connectivity index (χ1) is 14.6. The minimum atomic E-state index is -0.919. The second kappa shape index (κ2) is 8.55. The number of carbonyl (C=O) groups is 1. The van der Waals surface area contributed by atoms with Gasteiger partial charge in [-0.15, -0.1) is 11.3 Å². The number of hydrogen-bond acceptors (Lipinski definition) is 4. The first-order valence-electron chi connectivity index (χ1n) is 9.64. The molecule has 0 fully saturated rings. The van der Waals surface area contributed by atoms with E-state index in [1.54, 1.807) is 24.5 Å². The van der Waals surface area contributed by atoms with Crippen molar-refractivity contribution < 1.29 is 14.6 Å². The molecule has 0 bridgehead atoms. The fourth-order valence-electron chi connectivity index (χ4n) is 3.51. The van der Waals surface area contributed by atoms with Gasteiger partial charge >= 0.3 is 5.97 Å². The lowest BCUT2D eigenvalue weighted by atomic mass is 10.1. The normalized spacial score (nSPS) is 10.9. The molecule has 5 nitrogen and oxygen atoms in total. The molecule has 152 valence electrons. The van der Waals surface area contributed by atoms with E-state index in [-0.39, 0.29) is 0 Å². The molecular formula is C24H22N2O3S. The van der Waals surface area contributed by atoms with Crippen molar-refractivity contribution in [2.45, 2.75) is 19.9 Å². The molecule has 0 spiro atoms. The first-order valence-corrected chi connectivity index (χ1v) is 10.5. The third kappa shape index (κ3) is 4.00. The maximum Gasteiger partial charge on any atom is 0.337 e. The monoisotopic (exact) mass is 418 g/mol. The van der Waals surface area contributed by atoms with Gasteiger partial charge in [-0.1, -0.05) is 30.3 Å². The van der Waals surface area contributed by atoms with E-state index in [9.17, 15) is 9.90 Å². The highest BCUT2D eigenvalue weighted by molar-refractivity contribution is 7.13. The highest BCUT2D eigenvalue weighted by Gasteiger charge is 2.20. The summed E-state index contributed by atoms with van der Waals surface area (Å²) in [6, 6.07) is 19.7. The smallest absolute Gasteiger partial charge is 0.337 e. The minimum absolute atomic E-state index is 0.317. The Bertz CT molecular complexity index is 1160. The van der Waals surface area contributed by atoms with Gasteiger partial charge in [0.05, 0.1) is 24.1 Å². The molecule has 2 heterocycles. The molecule has 4 aromatic rings. The van der Waals surface area contributed by atoms with E-state index in [1.165, 1.54) is 5.56 Å². The second-order valence-corrected chi connectivity index (χ2v) is 7.85. The number of nitrogens with zero attached hydrogens (tertiary/aromatic N) is 2. The van der Waals surface area contributed by atoms with Crippen molar-refractivity contribution in [2.24, 2.45) is 0 Å². The van der Waals surface area contributed by atoms with Gasteiger partial charge < -0.3 is 14.4 Å². The summed E-state index contributed by atoms with van der Waals surface area (Å²) >= 11 is 1.54. The van der Waals surface area contributed by atoms with E-state index in [0.29, 0.717) is 12.1 Å². The molecule has 0 atom stereocenters. The van der Waals surface area contributed by atoms with Crippen LogP contribution in [-0.2, 0) is 13.0 Å². The molecule has 0 saturated carbocycles. The largest absolute Gasteiger partial charge is 0.497 e. The van der Waals surface area contributed by atoms with Crippen molar-refractivity contribution in [1.82, 2.24) is 9.55 Å². The van der Waals surface area contributed by atoms with Crippen molar-refractivity contribution in [2.75, 3.05) is 7.11 Å². The SMILES string of the molecule is COc1ccc(-c2nc(-c3cc(C(=O)O)c(C)n3CCc3ccccc3)cs2)cc1. The predicted octanol–water partition coefficient (Wildman–Crippen LogP) is 5.54. The van der Waals surface area contributed by atoms with Gasteiger partial charge in [-0.25, -0.2) is 9.78 Å². The molecule has 0 radical (unpaired) electrons. The average Bonchev–Trinajstić information content (AvgIpc) is 3.38. The number of aromatic carboxylic acids is 1. The Balaban J connectivity index is 1.68. The van der Waals surface area contributed by atoms with Gasteiger partial charge in [0.15, 0.2) is 0 Å². The van der Waals surface area contributed by atoms with E-state index >= 15 is 0 Å². The zero-order chi connectivity index (χ0) is 21.1. The van der Waals surface area contributed by atoms with Crippen molar-refractivity contribution >= 4 is 17.3 Å². The van der Waals surface area contributed by atoms with Crippen LogP contribution in [0.25, 0.3) is 22.0 Å². The number of carboxylic acids is 1. The number of thiazole rings is 1. The molecule has 0 aliphatic carbocycles. The Morgan fingerprint density at radius 2 is 1.87 bits per heavy atom. The van der Waals surface area contributed by atoms with Gasteiger partial charge in [-0.05, 0) is 49.2 Å². The quantitative estimate of drug-likeness (QED) is 0.428. The summed E-state index contributed by atoms with van der Waals surface area (Å²) in [5.74, 6) is -0.120. The van der Waals surface area contributed by atoms with Crippen molar-refractivity contribution in [3.8, 4) is 27.7 Å². The van der Waals surface area contributed by atoms with E-state index in [1.807, 2.05) is 54.8 Å². The van der Waals surface area contributed by atoms with Gasteiger partial charge in [0.2, 0.25) is 0 Å². The molecule has 0 aliphatic heterocycles. The summed E-state index contributed by atoms with van der Waals surface area (Å²) in [7, 11) is 1.64. The topological polar surface area (TPSA) is 64.3 Å². The van der Waals surface area contributed by atoms with Crippen molar-refractivity contribution in [3.05, 3.63) is 82.9 Å². The molecule has 0 unspecified atom stereocenters. The molecule has 0 saturated heterocycles. The predicted molar refractivity (Wildman–Crippen MR) is 119 cm³/mol. The van der Waals surface area contributed by atoms with Crippen LogP contribution in [0.4, 0.5) is 0 Å². The highest BCUT2D eigenvalue weighted by Crippen LogP contribution is 2.32. The lowest BCUT2D eigenvalue weighted by Crippen LogP contribution is -2.07. The average molecular weight is 419 g/mol. The summed E-state index contributed by atoms with van der Waals surface area (Å²) in [5.41, 5.74) is 4.89. The molecule has 2 aromatic carbocycles. The standard InChI is InChI=1S/C24H22N2O3S/c1-16-20(24(27)28)14-22(26(16)13-12-17-6-4-3-5-7-17)21-15-30-23(25-21)18-8-10-19(29-2)11-9-18/h3-11,14-15H,12-13H2,1-2H3,(H,27,28). The Labute approximate surface area is 179 Å². The third-order valence-corrected chi connectivity index (χ3v) is 6.06. The molecule has 0 aliphatic rings. The summed E-state index contributed by atoms with van der Waals surface area (Å²) in [6.07, 6.45) is 0.817. The van der Waals surface area contributed by atoms with Crippen molar-refractivity contribution in [1.29, 1.82) is 0 Å². The number of carboxylic acid groups (broad SMARTS) is 1. The van der Waals surface area contributed by atoms with E-state index in [0.717, 1.165) is 39.8 Å². The fourth-order valence-corrected chi connectivity index (χ4v) is 4.33. The summed E-state index contributed by atoms with van der Waals surface area (Å²) in [4.78, 5) is 16.5. The highest BCUT2D eigenvalue weighted by atomic mass is 32.1. The maximum atomic E-state index is 11.7. The van der Waals surface area contributed by atoms with Crippen LogP contribution in [0.1, 0.15) is 21.6 Å². The van der Waals surface area contributed by atoms with Gasteiger partial charge in [0, 0.05) is 23.2 Å². The molecule has 2 aromatic heterocycles. The lowest BCUT2D eigenvalue weighted by Gasteiger charge is -2.11. The number of aryl methyl sites for hydroxylation is 1. The lowest BCUT2D eigenvalue weighted by molar-refractivity contribution is 0.0696. The van der Waals surface area contributed by atoms with Gasteiger partial charge in [0.1, 0.15) is 10.8 Å². The number of aromatic nitrogens is 2. The van der Waals surface area contributed by atoms with E-state index in [4.69, 9.17) is 9.72 Å². The Morgan fingerprint density at radius 3 is 2.53 bits per heavy atom. The number of benzene rings is 2. The summed E-state index contributed by atoms with van der Waals surface area (Å²) in [6.45, 7) is 2.54. The molecule has 6 heteroatoms. The molecule has 0 amide bonds. The van der Waals surface area contributed by atoms with Crippen LogP contribution in [0.5, 0.6) is 5.75 Å². The number of ether oxygens (including phenoxy) is 1. The fraction of sp³-hybridized carbons (Fsp3) is 0.167. The Morgan fingerprint density at radius 1 is 1.13 bits per heavy atom.